The molecule has 1 atom stereocenters. The highest BCUT2D eigenvalue weighted by Crippen LogP contribution is 2.44. The molecule has 1 fully saturated rings. The first-order valence-electron chi connectivity index (χ1n) is 13.8. The van der Waals surface area contributed by atoms with Gasteiger partial charge in [0.2, 0.25) is 0 Å². The van der Waals surface area contributed by atoms with Gasteiger partial charge >= 0.3 is 0 Å². The third kappa shape index (κ3) is 5.87. The van der Waals surface area contributed by atoms with Crippen LogP contribution in [0.5, 0.6) is 0 Å². The minimum absolute atomic E-state index is 0.101. The lowest BCUT2D eigenvalue weighted by molar-refractivity contribution is 0.402. The molecule has 194 valence electrons. The monoisotopic (exact) mass is 475 g/mol. The molecule has 2 aromatic rings. The topological polar surface area (TPSA) is 12.0 Å². The van der Waals surface area contributed by atoms with Crippen LogP contribution in [0.4, 0.5) is 0 Å². The van der Waals surface area contributed by atoms with E-state index >= 15 is 0 Å². The van der Waals surface area contributed by atoms with Crippen LogP contribution in [0.15, 0.2) is 36.4 Å². The minimum atomic E-state index is -0.112. The van der Waals surface area contributed by atoms with Crippen molar-refractivity contribution in [2.24, 2.45) is 0 Å². The van der Waals surface area contributed by atoms with Gasteiger partial charge in [0, 0.05) is 11.5 Å². The SMILES string of the molecule is CC(C)(C)c1cc(C(C)(C)C)cc(C(C)(c2cc(C(C)(C)C)cc(C(C)(C)C)c2)[C@H]2CCCN2)c1. The van der Waals surface area contributed by atoms with Crippen LogP contribution in [0.2, 0.25) is 0 Å². The lowest BCUT2D eigenvalue weighted by Gasteiger charge is -2.41. The Kier molecular flexibility index (Phi) is 7.24. The molecule has 0 aliphatic carbocycles. The smallest absolute Gasteiger partial charge is 0.0328 e. The van der Waals surface area contributed by atoms with E-state index in [2.05, 4.69) is 132 Å². The molecule has 1 heterocycles. The van der Waals surface area contributed by atoms with Gasteiger partial charge in [0.1, 0.15) is 0 Å². The van der Waals surface area contributed by atoms with Crippen molar-refractivity contribution in [1.29, 1.82) is 0 Å². The Hall–Kier alpha value is -1.60. The Labute approximate surface area is 217 Å². The lowest BCUT2D eigenvalue weighted by atomic mass is 9.65. The molecule has 0 amide bonds. The molecular weight excluding hydrogens is 422 g/mol. The Bertz CT molecular complexity index is 898. The molecule has 2 aromatic carbocycles. The summed E-state index contributed by atoms with van der Waals surface area (Å²) in [6.45, 7) is 31.8. The number of rotatable bonds is 3. The molecule has 0 unspecified atom stereocenters. The maximum atomic E-state index is 3.93. The van der Waals surface area contributed by atoms with Crippen LogP contribution < -0.4 is 5.32 Å². The fourth-order valence-corrected chi connectivity index (χ4v) is 5.33. The van der Waals surface area contributed by atoms with Crippen molar-refractivity contribution in [1.82, 2.24) is 5.32 Å². The first-order chi connectivity index (χ1) is 15.7. The summed E-state index contributed by atoms with van der Waals surface area (Å²) >= 11 is 0. The van der Waals surface area contributed by atoms with Crippen molar-refractivity contribution >= 4 is 0 Å². The predicted octanol–water partition coefficient (Wildman–Crippen LogP) is 8.93. The van der Waals surface area contributed by atoms with Gasteiger partial charge in [0.25, 0.3) is 0 Å². The van der Waals surface area contributed by atoms with E-state index in [1.807, 2.05) is 0 Å². The summed E-state index contributed by atoms with van der Waals surface area (Å²) < 4.78 is 0. The third-order valence-corrected chi connectivity index (χ3v) is 8.29. The van der Waals surface area contributed by atoms with E-state index in [1.54, 1.807) is 0 Å². The second-order valence-electron chi connectivity index (χ2n) is 15.4. The zero-order chi connectivity index (χ0) is 26.6. The quantitative estimate of drug-likeness (QED) is 0.467. The lowest BCUT2D eigenvalue weighted by Crippen LogP contribution is -2.44. The number of hydrogen-bond acceptors (Lipinski definition) is 1. The fourth-order valence-electron chi connectivity index (χ4n) is 5.33. The maximum absolute atomic E-state index is 3.93. The minimum Gasteiger partial charge on any atom is -0.313 e. The van der Waals surface area contributed by atoms with Crippen LogP contribution >= 0.6 is 0 Å². The van der Waals surface area contributed by atoms with E-state index in [9.17, 15) is 0 Å². The second-order valence-corrected chi connectivity index (χ2v) is 15.4. The van der Waals surface area contributed by atoms with Gasteiger partial charge in [-0.15, -0.1) is 0 Å². The largest absolute Gasteiger partial charge is 0.313 e. The normalized spacial score (nSPS) is 18.3. The Balaban J connectivity index is 2.41. The number of hydrogen-bond donors (Lipinski definition) is 1. The molecule has 0 saturated carbocycles. The van der Waals surface area contributed by atoms with Crippen molar-refractivity contribution in [2.75, 3.05) is 6.54 Å². The molecule has 0 aromatic heterocycles. The van der Waals surface area contributed by atoms with Crippen molar-refractivity contribution in [3.63, 3.8) is 0 Å². The van der Waals surface area contributed by atoms with Crippen molar-refractivity contribution in [2.45, 2.75) is 136 Å². The molecule has 0 radical (unpaired) electrons. The van der Waals surface area contributed by atoms with E-state index < -0.39 is 0 Å². The summed E-state index contributed by atoms with van der Waals surface area (Å²) in [5, 5.41) is 3.93. The molecule has 0 bridgehead atoms. The molecule has 1 aliphatic rings. The summed E-state index contributed by atoms with van der Waals surface area (Å²) in [6.07, 6.45) is 2.46. The van der Waals surface area contributed by atoms with Gasteiger partial charge in [0.05, 0.1) is 0 Å². The van der Waals surface area contributed by atoms with Gasteiger partial charge in [-0.25, -0.2) is 0 Å². The molecule has 1 nitrogen and oxygen atoms in total. The maximum Gasteiger partial charge on any atom is 0.0328 e. The van der Waals surface area contributed by atoms with Crippen LogP contribution in [0.25, 0.3) is 0 Å². The van der Waals surface area contributed by atoms with Gasteiger partial charge in [-0.3, -0.25) is 0 Å². The molecule has 35 heavy (non-hydrogen) atoms. The first kappa shape index (κ1) is 28.0. The van der Waals surface area contributed by atoms with Crippen LogP contribution in [0, 0.1) is 0 Å². The summed E-state index contributed by atoms with van der Waals surface area (Å²) in [6, 6.07) is 15.4. The molecule has 1 aliphatic heterocycles. The Morgan fingerprint density at radius 3 is 1.00 bits per heavy atom. The highest BCUT2D eigenvalue weighted by atomic mass is 15.0. The van der Waals surface area contributed by atoms with E-state index in [1.165, 1.54) is 46.2 Å². The number of benzene rings is 2. The molecule has 3 rings (SSSR count). The van der Waals surface area contributed by atoms with Crippen molar-refractivity contribution < 1.29 is 0 Å². The van der Waals surface area contributed by atoms with Crippen LogP contribution in [0.1, 0.15) is 136 Å². The summed E-state index contributed by atoms with van der Waals surface area (Å²) in [4.78, 5) is 0. The Morgan fingerprint density at radius 2 is 0.771 bits per heavy atom. The van der Waals surface area contributed by atoms with Gasteiger partial charge in [-0.05, 0) is 81.4 Å². The van der Waals surface area contributed by atoms with E-state index in [4.69, 9.17) is 0 Å². The summed E-state index contributed by atoms with van der Waals surface area (Å²) in [5.74, 6) is 0. The van der Waals surface area contributed by atoms with Gasteiger partial charge < -0.3 is 5.32 Å². The fraction of sp³-hybridized carbons (Fsp3) is 0.647. The van der Waals surface area contributed by atoms with Crippen LogP contribution in [0.3, 0.4) is 0 Å². The first-order valence-corrected chi connectivity index (χ1v) is 13.8. The van der Waals surface area contributed by atoms with Crippen molar-refractivity contribution in [3.05, 3.63) is 69.8 Å². The highest BCUT2D eigenvalue weighted by Gasteiger charge is 2.41. The Morgan fingerprint density at radius 1 is 0.486 bits per heavy atom. The van der Waals surface area contributed by atoms with Crippen LogP contribution in [-0.2, 0) is 27.1 Å². The average molecular weight is 476 g/mol. The van der Waals surface area contributed by atoms with Crippen molar-refractivity contribution in [3.8, 4) is 0 Å². The van der Waals surface area contributed by atoms with E-state index in [0.29, 0.717) is 6.04 Å². The zero-order valence-corrected chi connectivity index (χ0v) is 25.2. The molecular formula is C34H53N. The second kappa shape index (κ2) is 9.05. The molecule has 1 saturated heterocycles. The summed E-state index contributed by atoms with van der Waals surface area (Å²) in [7, 11) is 0. The highest BCUT2D eigenvalue weighted by molar-refractivity contribution is 5.50. The van der Waals surface area contributed by atoms with E-state index in [0.717, 1.165) is 6.54 Å². The molecule has 1 heteroatoms. The van der Waals surface area contributed by atoms with Gasteiger partial charge in [0.15, 0.2) is 0 Å². The molecule has 1 N–H and O–H groups in total. The predicted molar refractivity (Wildman–Crippen MR) is 155 cm³/mol. The average Bonchev–Trinajstić information content (AvgIpc) is 3.25. The van der Waals surface area contributed by atoms with Crippen LogP contribution in [-0.4, -0.2) is 12.6 Å². The number of nitrogens with one attached hydrogen (secondary N) is 1. The standard InChI is InChI=1S/C34H53N/c1-30(2,3)23-17-24(31(4,5)6)20-27(19-23)34(13,29-15-14-16-35-29)28-21-25(32(7,8)9)18-26(22-28)33(10,11)12/h17-22,29,35H,14-16H2,1-13H3/t29-/m1/s1. The van der Waals surface area contributed by atoms with Gasteiger partial charge in [-0.1, -0.05) is 119 Å². The molecule has 0 spiro atoms. The zero-order valence-electron chi connectivity index (χ0n) is 25.2. The third-order valence-electron chi connectivity index (χ3n) is 8.29. The van der Waals surface area contributed by atoms with E-state index in [-0.39, 0.29) is 27.1 Å². The van der Waals surface area contributed by atoms with Gasteiger partial charge in [-0.2, -0.15) is 0 Å². The summed E-state index contributed by atoms with van der Waals surface area (Å²) in [5.41, 5.74) is 8.96.